The van der Waals surface area contributed by atoms with Crippen LogP contribution in [0.3, 0.4) is 0 Å². The smallest absolute Gasteiger partial charge is 0.235 e. The van der Waals surface area contributed by atoms with Crippen molar-refractivity contribution in [3.63, 3.8) is 0 Å². The van der Waals surface area contributed by atoms with Crippen molar-refractivity contribution in [1.82, 2.24) is 19.1 Å². The molecule has 0 saturated carbocycles. The lowest BCUT2D eigenvalue weighted by atomic mass is 9.89. The molecule has 13 rings (SSSR count). The number of allylic oxidation sites excluding steroid dienone is 1. The molecule has 0 bridgehead atoms. The van der Waals surface area contributed by atoms with Crippen molar-refractivity contribution in [2.75, 3.05) is 0 Å². The van der Waals surface area contributed by atoms with E-state index in [9.17, 15) is 0 Å². The molecule has 0 radical (unpaired) electrons. The Balaban J connectivity index is 1.05. The highest BCUT2D eigenvalue weighted by molar-refractivity contribution is 7.26. The summed E-state index contributed by atoms with van der Waals surface area (Å²) in [5.74, 6) is 0.679. The van der Waals surface area contributed by atoms with Gasteiger partial charge in [0.1, 0.15) is 0 Å². The largest absolute Gasteiger partial charge is 0.309 e. The highest BCUT2D eigenvalue weighted by Crippen LogP contribution is 2.44. The Morgan fingerprint density at radius 1 is 0.540 bits per heavy atom. The Kier molecular flexibility index (Phi) is 8.18. The molecule has 1 aliphatic carbocycles. The van der Waals surface area contributed by atoms with Crippen molar-refractivity contribution in [3.8, 4) is 34.2 Å². The fourth-order valence-electron chi connectivity index (χ4n) is 10.1. The fraction of sp³-hybridized carbons (Fsp3) is 0.0345. The summed E-state index contributed by atoms with van der Waals surface area (Å²) in [6, 6.07) is 65.3. The number of rotatable bonds is 6. The average Bonchev–Trinajstić information content (AvgIpc) is 4.01. The topological polar surface area (TPSA) is 35.6 Å². The maximum Gasteiger partial charge on any atom is 0.235 e. The Bertz CT molecular complexity index is 3850. The van der Waals surface area contributed by atoms with Gasteiger partial charge in [-0.3, -0.25) is 4.57 Å². The van der Waals surface area contributed by atoms with E-state index in [1.807, 2.05) is 11.3 Å². The van der Waals surface area contributed by atoms with Crippen LogP contribution in [0.1, 0.15) is 28.7 Å². The van der Waals surface area contributed by atoms with Gasteiger partial charge in [0.25, 0.3) is 0 Å². The summed E-state index contributed by atoms with van der Waals surface area (Å²) in [4.78, 5) is 11.0. The van der Waals surface area contributed by atoms with Gasteiger partial charge < -0.3 is 4.57 Å². The maximum absolute atomic E-state index is 5.59. The van der Waals surface area contributed by atoms with Crippen LogP contribution in [0.4, 0.5) is 0 Å². The van der Waals surface area contributed by atoms with E-state index in [-0.39, 0.29) is 0 Å². The molecule has 0 saturated heterocycles. The predicted molar refractivity (Wildman–Crippen MR) is 267 cm³/mol. The van der Waals surface area contributed by atoms with Crippen LogP contribution in [0.5, 0.6) is 0 Å². The highest BCUT2D eigenvalue weighted by Gasteiger charge is 2.24. The molecule has 0 amide bonds. The van der Waals surface area contributed by atoms with E-state index < -0.39 is 0 Å². The van der Waals surface area contributed by atoms with E-state index >= 15 is 0 Å². The van der Waals surface area contributed by atoms with E-state index in [1.54, 1.807) is 0 Å². The lowest BCUT2D eigenvalue weighted by Crippen LogP contribution is -2.06. The molecule has 0 aliphatic heterocycles. The van der Waals surface area contributed by atoms with Gasteiger partial charge in [-0.25, -0.2) is 9.97 Å². The van der Waals surface area contributed by atoms with E-state index in [0.717, 1.165) is 51.7 Å². The first-order valence-electron chi connectivity index (χ1n) is 21.6. The third-order valence-electron chi connectivity index (χ3n) is 12.8. The minimum absolute atomic E-state index is 0.679. The Morgan fingerprint density at radius 2 is 1.22 bits per heavy atom. The molecule has 0 unspecified atom stereocenters. The summed E-state index contributed by atoms with van der Waals surface area (Å²) in [5, 5.41) is 7.18. The summed E-state index contributed by atoms with van der Waals surface area (Å²) in [6.45, 7) is 0. The number of thiophene rings is 1. The maximum atomic E-state index is 5.59. The van der Waals surface area contributed by atoms with Gasteiger partial charge in [-0.15, -0.1) is 11.3 Å². The molecule has 4 heterocycles. The number of aromatic nitrogens is 4. The van der Waals surface area contributed by atoms with Crippen molar-refractivity contribution in [2.45, 2.75) is 12.8 Å². The third kappa shape index (κ3) is 5.60. The number of hydrogen-bond donors (Lipinski definition) is 0. The number of fused-ring (bicyclic) bond motifs is 10. The van der Waals surface area contributed by atoms with Crippen molar-refractivity contribution in [3.05, 3.63) is 210 Å². The van der Waals surface area contributed by atoms with E-state index in [0.29, 0.717) is 5.95 Å². The van der Waals surface area contributed by atoms with Gasteiger partial charge >= 0.3 is 0 Å². The molecule has 4 aromatic heterocycles. The summed E-state index contributed by atoms with van der Waals surface area (Å²) >= 11 is 1.84. The van der Waals surface area contributed by atoms with E-state index in [2.05, 4.69) is 215 Å². The first-order chi connectivity index (χ1) is 31.3. The second-order valence-corrected chi connectivity index (χ2v) is 17.4. The predicted octanol–water partition coefficient (Wildman–Crippen LogP) is 15.5. The average molecular weight is 823 g/mol. The van der Waals surface area contributed by atoms with Crippen molar-refractivity contribution < 1.29 is 0 Å². The van der Waals surface area contributed by atoms with Crippen LogP contribution in [0.15, 0.2) is 188 Å². The zero-order valence-electron chi connectivity index (χ0n) is 34.2. The number of nitrogens with zero attached hydrogens (tertiary/aromatic N) is 4. The number of benzene rings is 8. The van der Waals surface area contributed by atoms with Crippen LogP contribution in [-0.4, -0.2) is 19.1 Å². The Hall–Kier alpha value is -7.86. The SMILES string of the molecule is C1=Cc2c(c(/C=C/c3c(-c4ccccc4)n(-c4ccccc4)c4ccccc34)cc3c4ccccc4n(-c4nc(-c5cccc6c5sc5ccccc56)c5ccccc5n4)c23)CC1. The molecule has 1 aliphatic rings. The second-order valence-electron chi connectivity index (χ2n) is 16.4. The molecule has 12 aromatic rings. The molecule has 5 heteroatoms. The first kappa shape index (κ1) is 35.9. The van der Waals surface area contributed by atoms with Crippen LogP contribution in [0.25, 0.3) is 116 Å². The molecule has 0 atom stereocenters. The number of hydrogen-bond acceptors (Lipinski definition) is 3. The summed E-state index contributed by atoms with van der Waals surface area (Å²) < 4.78 is 7.27. The molecule has 8 aromatic carbocycles. The monoisotopic (exact) mass is 822 g/mol. The van der Waals surface area contributed by atoms with Crippen molar-refractivity contribution >= 4 is 93.3 Å². The van der Waals surface area contributed by atoms with Crippen molar-refractivity contribution in [1.29, 1.82) is 0 Å². The Morgan fingerprint density at radius 3 is 2.06 bits per heavy atom. The number of para-hydroxylation sites is 4. The van der Waals surface area contributed by atoms with Crippen LogP contribution >= 0.6 is 11.3 Å². The van der Waals surface area contributed by atoms with Gasteiger partial charge in [-0.1, -0.05) is 164 Å². The summed E-state index contributed by atoms with van der Waals surface area (Å²) in [7, 11) is 0. The zero-order chi connectivity index (χ0) is 41.4. The van der Waals surface area contributed by atoms with Gasteiger partial charge in [0.05, 0.1) is 33.5 Å². The molecule has 63 heavy (non-hydrogen) atoms. The standard InChI is InChI=1S/C58H38N4S/c1-3-18-37(19-4-1)55-45(41-23-10-14-31-51(41)61(55)39-20-5-2-6-21-39)35-34-38-36-49-42-24-11-15-32-52(42)62(56(49)44-26-8-7-22-40(38)44)58-59-50-30-13-9-27-47(50)54(60-58)48-29-17-28-46-43-25-12-16-33-53(43)63-57(46)48/h1-6,8-21,23-36H,7,22H2/b35-34+. The van der Waals surface area contributed by atoms with Crippen LogP contribution in [0.2, 0.25) is 0 Å². The molecule has 0 spiro atoms. The van der Waals surface area contributed by atoms with Gasteiger partial charge in [-0.05, 0) is 72.0 Å². The van der Waals surface area contributed by atoms with E-state index in [4.69, 9.17) is 9.97 Å². The molecular formula is C58H38N4S. The highest BCUT2D eigenvalue weighted by atomic mass is 32.1. The minimum atomic E-state index is 0.679. The first-order valence-corrected chi connectivity index (χ1v) is 22.5. The van der Waals surface area contributed by atoms with Gasteiger partial charge in [0.15, 0.2) is 0 Å². The normalized spacial score (nSPS) is 12.8. The van der Waals surface area contributed by atoms with Crippen molar-refractivity contribution in [2.24, 2.45) is 0 Å². The van der Waals surface area contributed by atoms with Gasteiger partial charge in [-0.2, -0.15) is 0 Å². The third-order valence-corrected chi connectivity index (χ3v) is 14.1. The molecule has 0 N–H and O–H groups in total. The second kappa shape index (κ2) is 14.4. The molecular weight excluding hydrogens is 785 g/mol. The Labute approximate surface area is 368 Å². The van der Waals surface area contributed by atoms with E-state index in [1.165, 1.54) is 75.4 Å². The lowest BCUT2D eigenvalue weighted by Gasteiger charge is -2.18. The van der Waals surface area contributed by atoms with Crippen LogP contribution in [0, 0.1) is 0 Å². The summed E-state index contributed by atoms with van der Waals surface area (Å²) in [6.07, 6.45) is 11.3. The van der Waals surface area contributed by atoms with Crippen LogP contribution < -0.4 is 0 Å². The van der Waals surface area contributed by atoms with Gasteiger partial charge in [0.2, 0.25) is 5.95 Å². The molecule has 0 fully saturated rings. The molecule has 4 nitrogen and oxygen atoms in total. The minimum Gasteiger partial charge on any atom is -0.309 e. The molecule has 296 valence electrons. The fourth-order valence-corrected chi connectivity index (χ4v) is 11.3. The van der Waals surface area contributed by atoms with Gasteiger partial charge in [0, 0.05) is 64.1 Å². The lowest BCUT2D eigenvalue weighted by molar-refractivity contribution is 0.974. The quantitative estimate of drug-likeness (QED) is 0.167. The summed E-state index contributed by atoms with van der Waals surface area (Å²) in [5.41, 5.74) is 14.9. The zero-order valence-corrected chi connectivity index (χ0v) is 35.1. The van der Waals surface area contributed by atoms with Crippen LogP contribution in [-0.2, 0) is 6.42 Å².